The molecule has 5 nitrogen and oxygen atoms in total. The number of esters is 1. The van der Waals surface area contributed by atoms with E-state index in [2.05, 4.69) is 10.5 Å². The van der Waals surface area contributed by atoms with Crippen LogP contribution in [0.15, 0.2) is 59.7 Å². The number of nitrogens with zero attached hydrogens (tertiary/aromatic N) is 1. The Morgan fingerprint density at radius 2 is 1.69 bits per heavy atom. The number of carbonyl (C=O) groups excluding carboxylic acids is 2. The zero-order chi connectivity index (χ0) is 18.5. The summed E-state index contributed by atoms with van der Waals surface area (Å²) in [6, 6.07) is 16.4. The van der Waals surface area contributed by atoms with Crippen molar-refractivity contribution in [3.8, 4) is 0 Å². The monoisotopic (exact) mass is 350 g/mol. The fourth-order valence-electron chi connectivity index (χ4n) is 3.12. The second-order valence-electron chi connectivity index (χ2n) is 6.67. The number of carbonyl (C=O) groups is 2. The second kappa shape index (κ2) is 7.95. The van der Waals surface area contributed by atoms with E-state index >= 15 is 0 Å². The van der Waals surface area contributed by atoms with E-state index in [1.807, 2.05) is 44.2 Å². The van der Waals surface area contributed by atoms with Crippen LogP contribution in [0.3, 0.4) is 0 Å². The van der Waals surface area contributed by atoms with Gasteiger partial charge in [-0.15, -0.1) is 0 Å². The van der Waals surface area contributed by atoms with Gasteiger partial charge in [-0.25, -0.2) is 4.79 Å². The van der Waals surface area contributed by atoms with E-state index < -0.39 is 5.97 Å². The highest BCUT2D eigenvalue weighted by Gasteiger charge is 2.23. The van der Waals surface area contributed by atoms with Crippen LogP contribution in [-0.4, -0.2) is 23.6 Å². The lowest BCUT2D eigenvalue weighted by molar-refractivity contribution is -0.113. The summed E-state index contributed by atoms with van der Waals surface area (Å²) in [5.74, 6) is -0.349. The summed E-state index contributed by atoms with van der Waals surface area (Å²) in [5, 5.41) is 4.35. The van der Waals surface area contributed by atoms with E-state index in [-0.39, 0.29) is 17.8 Å². The number of rotatable bonds is 1. The minimum atomic E-state index is -0.392. The molecule has 2 unspecified atom stereocenters. The molecule has 0 saturated carbocycles. The first kappa shape index (κ1) is 17.9. The smallest absolute Gasteiger partial charge is 0.340 e. The average Bonchev–Trinajstić information content (AvgIpc) is 2.62. The van der Waals surface area contributed by atoms with Gasteiger partial charge in [0.1, 0.15) is 5.71 Å². The van der Waals surface area contributed by atoms with E-state index in [9.17, 15) is 9.59 Å². The minimum Gasteiger partial charge on any atom is -0.459 e. The number of ketones is 1. The van der Waals surface area contributed by atoms with E-state index in [0.717, 1.165) is 5.56 Å². The summed E-state index contributed by atoms with van der Waals surface area (Å²) in [4.78, 5) is 25.3. The van der Waals surface area contributed by atoms with Gasteiger partial charge in [0.15, 0.2) is 5.78 Å². The zero-order valence-corrected chi connectivity index (χ0v) is 14.9. The van der Waals surface area contributed by atoms with Crippen molar-refractivity contribution in [3.05, 3.63) is 65.7 Å². The van der Waals surface area contributed by atoms with Crippen LogP contribution in [0, 0.1) is 5.92 Å². The molecule has 26 heavy (non-hydrogen) atoms. The maximum atomic E-state index is 12.8. The molecule has 2 aromatic rings. The molecule has 5 heteroatoms. The number of benzene rings is 2. The molecule has 0 spiro atoms. The Bertz CT molecular complexity index is 830. The predicted octanol–water partition coefficient (Wildman–Crippen LogP) is 4.05. The number of Topliss-reactive ketones (excluding diaryl/α,β-unsaturated/α-hetero) is 1. The molecule has 0 saturated heterocycles. The number of cyclic esters (lactones) is 1. The lowest BCUT2D eigenvalue weighted by atomic mass is 9.94. The second-order valence-corrected chi connectivity index (χ2v) is 6.67. The average molecular weight is 350 g/mol. The van der Waals surface area contributed by atoms with E-state index in [0.29, 0.717) is 29.8 Å². The molecule has 0 bridgehead atoms. The van der Waals surface area contributed by atoms with Gasteiger partial charge in [-0.05, 0) is 31.4 Å². The van der Waals surface area contributed by atoms with Gasteiger partial charge in [0, 0.05) is 12.0 Å². The number of hydrogen-bond donors (Lipinski definition) is 1. The summed E-state index contributed by atoms with van der Waals surface area (Å²) < 4.78 is 5.53. The van der Waals surface area contributed by atoms with Crippen molar-refractivity contribution < 1.29 is 14.3 Å². The van der Waals surface area contributed by atoms with Crippen LogP contribution in [0.2, 0.25) is 0 Å². The van der Waals surface area contributed by atoms with E-state index in [4.69, 9.17) is 4.74 Å². The van der Waals surface area contributed by atoms with Crippen LogP contribution in [0.25, 0.3) is 0 Å². The number of ether oxygens (including phenoxy) is 1. The highest BCUT2D eigenvalue weighted by Crippen LogP contribution is 2.21. The van der Waals surface area contributed by atoms with Gasteiger partial charge in [-0.1, -0.05) is 49.4 Å². The van der Waals surface area contributed by atoms with Gasteiger partial charge < -0.3 is 4.74 Å². The number of hydrogen-bond acceptors (Lipinski definition) is 5. The zero-order valence-electron chi connectivity index (χ0n) is 14.9. The topological polar surface area (TPSA) is 67.8 Å². The number of nitrogens with one attached hydrogen (secondary N) is 1. The summed E-state index contributed by atoms with van der Waals surface area (Å²) in [7, 11) is 0. The molecule has 2 aromatic carbocycles. The molecule has 134 valence electrons. The molecule has 0 aliphatic carbocycles. The Hall–Kier alpha value is -2.95. The highest BCUT2D eigenvalue weighted by molar-refractivity contribution is 6.46. The third-order valence-corrected chi connectivity index (χ3v) is 4.32. The molecule has 0 radical (unpaired) electrons. The van der Waals surface area contributed by atoms with Gasteiger partial charge >= 0.3 is 5.97 Å². The number of para-hydroxylation sites is 1. The molecule has 1 N–H and O–H groups in total. The fourth-order valence-corrected chi connectivity index (χ4v) is 3.12. The van der Waals surface area contributed by atoms with Crippen molar-refractivity contribution in [1.82, 2.24) is 0 Å². The quantitative estimate of drug-likeness (QED) is 0.788. The van der Waals surface area contributed by atoms with Crippen molar-refractivity contribution in [1.29, 1.82) is 0 Å². The molecular weight excluding hydrogens is 328 g/mol. The fraction of sp³-hybridized carbons (Fsp3) is 0.286. The van der Waals surface area contributed by atoms with Crippen LogP contribution >= 0.6 is 0 Å². The van der Waals surface area contributed by atoms with Crippen molar-refractivity contribution in [2.45, 2.75) is 32.8 Å². The third kappa shape index (κ3) is 4.17. The minimum absolute atomic E-state index is 0.0345. The number of hydrazone groups is 1. The molecule has 1 aliphatic rings. The van der Waals surface area contributed by atoms with E-state index in [1.165, 1.54) is 0 Å². The molecular formula is C21H22N2O3. The first-order valence-corrected chi connectivity index (χ1v) is 8.77. The lowest BCUT2D eigenvalue weighted by Gasteiger charge is -2.20. The third-order valence-electron chi connectivity index (χ3n) is 4.32. The van der Waals surface area contributed by atoms with Crippen LogP contribution in [0.4, 0.5) is 5.69 Å². The van der Waals surface area contributed by atoms with Gasteiger partial charge in [-0.2, -0.15) is 5.10 Å². The first-order valence-electron chi connectivity index (χ1n) is 8.77. The highest BCUT2D eigenvalue weighted by atomic mass is 16.5. The van der Waals surface area contributed by atoms with Crippen LogP contribution in [0.1, 0.15) is 42.6 Å². The SMILES string of the molecule is CC1CC(=O)/C(c2ccccc2)=N\Nc2ccccc2C(=O)OC(C)C1. The molecule has 1 aliphatic heterocycles. The Kier molecular flexibility index (Phi) is 5.46. The Morgan fingerprint density at radius 1 is 1.00 bits per heavy atom. The molecule has 0 amide bonds. The first-order chi connectivity index (χ1) is 12.5. The van der Waals surface area contributed by atoms with Gasteiger partial charge in [0.05, 0.1) is 17.4 Å². The standard InChI is InChI=1S/C21H22N2O3/c1-14-12-15(2)26-21(25)17-10-6-7-11-18(17)22-23-20(19(24)13-14)16-8-4-3-5-9-16/h3-11,14-15,22H,12-13H2,1-2H3/b23-20-. The normalized spacial score (nSPS) is 23.4. The summed E-state index contributed by atoms with van der Waals surface area (Å²) >= 11 is 0. The molecule has 1 heterocycles. The lowest BCUT2D eigenvalue weighted by Crippen LogP contribution is -2.24. The van der Waals surface area contributed by atoms with Crippen molar-refractivity contribution in [3.63, 3.8) is 0 Å². The van der Waals surface area contributed by atoms with Crippen LogP contribution < -0.4 is 5.43 Å². The molecule has 3 rings (SSSR count). The Balaban J connectivity index is 2.04. The number of anilines is 1. The molecule has 0 aromatic heterocycles. The van der Waals surface area contributed by atoms with Crippen LogP contribution in [0.5, 0.6) is 0 Å². The summed E-state index contributed by atoms with van der Waals surface area (Å²) in [6.07, 6.45) is 0.698. The maximum absolute atomic E-state index is 12.8. The van der Waals surface area contributed by atoms with Crippen molar-refractivity contribution in [2.75, 3.05) is 5.43 Å². The molecule has 0 fully saturated rings. The van der Waals surface area contributed by atoms with E-state index in [1.54, 1.807) is 24.3 Å². The summed E-state index contributed by atoms with van der Waals surface area (Å²) in [6.45, 7) is 3.84. The largest absolute Gasteiger partial charge is 0.459 e. The van der Waals surface area contributed by atoms with Gasteiger partial charge in [0.2, 0.25) is 0 Å². The summed E-state index contributed by atoms with van der Waals surface area (Å²) in [5.41, 5.74) is 4.92. The molecule has 2 atom stereocenters. The Labute approximate surface area is 153 Å². The van der Waals surface area contributed by atoms with Gasteiger partial charge in [-0.3, -0.25) is 10.2 Å². The van der Waals surface area contributed by atoms with Crippen molar-refractivity contribution >= 4 is 23.2 Å². The Morgan fingerprint density at radius 3 is 2.46 bits per heavy atom. The van der Waals surface area contributed by atoms with Gasteiger partial charge in [0.25, 0.3) is 0 Å². The van der Waals surface area contributed by atoms with Crippen LogP contribution in [-0.2, 0) is 9.53 Å². The van der Waals surface area contributed by atoms with Crippen molar-refractivity contribution in [2.24, 2.45) is 11.0 Å². The predicted molar refractivity (Wildman–Crippen MR) is 101 cm³/mol. The maximum Gasteiger partial charge on any atom is 0.340 e. The number of fused-ring (bicyclic) bond motifs is 1.